The van der Waals surface area contributed by atoms with Crippen molar-refractivity contribution in [3.8, 4) is 11.2 Å². The molecule has 2 aromatic rings. The summed E-state index contributed by atoms with van der Waals surface area (Å²) in [6.07, 6.45) is 0. The quantitative estimate of drug-likeness (QED) is 0.423. The van der Waals surface area contributed by atoms with Crippen molar-refractivity contribution in [2.75, 3.05) is 0 Å². The van der Waals surface area contributed by atoms with Gasteiger partial charge in [0, 0.05) is 14.0 Å². The van der Waals surface area contributed by atoms with E-state index in [2.05, 4.69) is 58.0 Å². The number of thioether (sulfide) groups is 1. The third-order valence-corrected chi connectivity index (χ3v) is 3.38. The van der Waals surface area contributed by atoms with Crippen LogP contribution in [0.25, 0.3) is 0 Å². The second-order valence-electron chi connectivity index (χ2n) is 3.15. The molecule has 16 heavy (non-hydrogen) atoms. The predicted molar refractivity (Wildman–Crippen MR) is 78.3 cm³/mol. The molecule has 0 spiro atoms. The van der Waals surface area contributed by atoms with Crippen molar-refractivity contribution in [1.82, 2.24) is 0 Å². The van der Waals surface area contributed by atoms with E-state index in [1.54, 1.807) is 11.8 Å². The highest BCUT2D eigenvalue weighted by Crippen LogP contribution is 2.15. The van der Waals surface area contributed by atoms with Gasteiger partial charge in [0.05, 0.1) is 0 Å². The van der Waals surface area contributed by atoms with Gasteiger partial charge in [-0.05, 0) is 76.0 Å². The van der Waals surface area contributed by atoms with Crippen LogP contribution in [0, 0.1) is 14.7 Å². The van der Waals surface area contributed by atoms with Gasteiger partial charge in [0.2, 0.25) is 0 Å². The molecular formula is C14H9IS. The SMILES string of the molecule is Ic1ccc(C#CSc2ccccc2)cc1. The second kappa shape index (κ2) is 5.97. The molecule has 2 aromatic carbocycles. The fraction of sp³-hybridized carbons (Fsp3) is 0. The maximum atomic E-state index is 3.13. The van der Waals surface area contributed by atoms with Crippen molar-refractivity contribution < 1.29 is 0 Å². The molecule has 2 heteroatoms. The first kappa shape index (κ1) is 11.6. The first-order chi connectivity index (χ1) is 7.84. The second-order valence-corrected chi connectivity index (χ2v) is 5.27. The average molecular weight is 336 g/mol. The minimum absolute atomic E-state index is 1.06. The maximum absolute atomic E-state index is 3.13. The van der Waals surface area contributed by atoms with E-state index in [0.717, 1.165) is 5.56 Å². The Bertz CT molecular complexity index is 506. The van der Waals surface area contributed by atoms with Gasteiger partial charge in [0.25, 0.3) is 0 Å². The van der Waals surface area contributed by atoms with Crippen LogP contribution in [0.15, 0.2) is 59.5 Å². The Balaban J connectivity index is 2.03. The standard InChI is InChI=1S/C14H9IS/c15-13-8-6-12(7-9-13)10-11-16-14-4-2-1-3-5-14/h1-9H. The molecule has 0 saturated heterocycles. The summed E-state index contributed by atoms with van der Waals surface area (Å²) in [6.45, 7) is 0. The van der Waals surface area contributed by atoms with Gasteiger partial charge in [-0.15, -0.1) is 0 Å². The van der Waals surface area contributed by atoms with Crippen LogP contribution in [0.1, 0.15) is 5.56 Å². The van der Waals surface area contributed by atoms with E-state index in [0.29, 0.717) is 0 Å². The fourth-order valence-corrected chi connectivity index (χ4v) is 2.10. The van der Waals surface area contributed by atoms with Crippen LogP contribution in [-0.4, -0.2) is 0 Å². The van der Waals surface area contributed by atoms with Crippen molar-refractivity contribution >= 4 is 34.4 Å². The van der Waals surface area contributed by atoms with Gasteiger partial charge in [-0.2, -0.15) is 0 Å². The summed E-state index contributed by atoms with van der Waals surface area (Å²) in [5.74, 6) is 3.13. The van der Waals surface area contributed by atoms with Crippen LogP contribution in [0.2, 0.25) is 0 Å². The Morgan fingerprint density at radius 1 is 0.875 bits per heavy atom. The van der Waals surface area contributed by atoms with Gasteiger partial charge in [-0.1, -0.05) is 24.1 Å². The molecule has 78 valence electrons. The van der Waals surface area contributed by atoms with Crippen LogP contribution in [-0.2, 0) is 0 Å². The third kappa shape index (κ3) is 3.58. The highest BCUT2D eigenvalue weighted by Gasteiger charge is 1.88. The largest absolute Gasteiger partial charge is 0.0622 e. The van der Waals surface area contributed by atoms with Crippen LogP contribution < -0.4 is 0 Å². The highest BCUT2D eigenvalue weighted by molar-refractivity contribution is 14.1. The Morgan fingerprint density at radius 3 is 2.25 bits per heavy atom. The van der Waals surface area contributed by atoms with Gasteiger partial charge in [0.15, 0.2) is 0 Å². The molecule has 2 rings (SSSR count). The van der Waals surface area contributed by atoms with E-state index in [-0.39, 0.29) is 0 Å². The molecule has 0 aliphatic heterocycles. The Kier molecular flexibility index (Phi) is 4.32. The van der Waals surface area contributed by atoms with Gasteiger partial charge in [-0.25, -0.2) is 0 Å². The van der Waals surface area contributed by atoms with Crippen LogP contribution in [0.4, 0.5) is 0 Å². The first-order valence-corrected chi connectivity index (χ1v) is 6.72. The molecule has 0 N–H and O–H groups in total. The van der Waals surface area contributed by atoms with Crippen molar-refractivity contribution in [1.29, 1.82) is 0 Å². The summed E-state index contributed by atoms with van der Waals surface area (Å²) in [5.41, 5.74) is 1.06. The van der Waals surface area contributed by atoms with Gasteiger partial charge in [-0.3, -0.25) is 0 Å². The molecule has 0 unspecified atom stereocenters. The zero-order chi connectivity index (χ0) is 11.2. The van der Waals surface area contributed by atoms with Crippen molar-refractivity contribution in [3.05, 3.63) is 63.7 Å². The molecule has 0 bridgehead atoms. The van der Waals surface area contributed by atoms with Gasteiger partial charge < -0.3 is 0 Å². The number of hydrogen-bond acceptors (Lipinski definition) is 1. The van der Waals surface area contributed by atoms with Crippen molar-refractivity contribution in [2.45, 2.75) is 4.90 Å². The molecule has 0 fully saturated rings. The summed E-state index contributed by atoms with van der Waals surface area (Å²) in [6, 6.07) is 18.4. The Morgan fingerprint density at radius 2 is 1.56 bits per heavy atom. The number of benzene rings is 2. The van der Waals surface area contributed by atoms with Crippen LogP contribution >= 0.6 is 34.4 Å². The first-order valence-electron chi connectivity index (χ1n) is 4.83. The van der Waals surface area contributed by atoms with E-state index in [1.807, 2.05) is 30.3 Å². The third-order valence-electron chi connectivity index (χ3n) is 1.95. The molecule has 0 saturated carbocycles. The Hall–Kier alpha value is -0.920. The zero-order valence-corrected chi connectivity index (χ0v) is 11.5. The summed E-state index contributed by atoms with van der Waals surface area (Å²) in [4.78, 5) is 1.18. The van der Waals surface area contributed by atoms with Gasteiger partial charge in [0.1, 0.15) is 0 Å². The molecule has 0 amide bonds. The fourth-order valence-electron chi connectivity index (χ4n) is 1.17. The Labute approximate surface area is 114 Å². The number of rotatable bonds is 1. The molecule has 0 aliphatic rings. The van der Waals surface area contributed by atoms with Gasteiger partial charge >= 0.3 is 0 Å². The average Bonchev–Trinajstić information content (AvgIpc) is 2.33. The smallest absolute Gasteiger partial charge is 0.0255 e. The van der Waals surface area contributed by atoms with E-state index >= 15 is 0 Å². The van der Waals surface area contributed by atoms with Crippen LogP contribution in [0.3, 0.4) is 0 Å². The van der Waals surface area contributed by atoms with E-state index < -0.39 is 0 Å². The van der Waals surface area contributed by atoms with E-state index in [1.165, 1.54) is 8.47 Å². The lowest BCUT2D eigenvalue weighted by Gasteiger charge is -1.92. The predicted octanol–water partition coefficient (Wildman–Crippen LogP) is 4.39. The minimum atomic E-state index is 1.06. The molecule has 0 aliphatic carbocycles. The van der Waals surface area contributed by atoms with E-state index in [4.69, 9.17) is 0 Å². The molecule has 0 radical (unpaired) electrons. The lowest BCUT2D eigenvalue weighted by atomic mass is 10.2. The lowest BCUT2D eigenvalue weighted by molar-refractivity contribution is 1.47. The number of hydrogen-bond donors (Lipinski definition) is 0. The topological polar surface area (TPSA) is 0 Å². The lowest BCUT2D eigenvalue weighted by Crippen LogP contribution is -1.73. The molecule has 0 atom stereocenters. The van der Waals surface area contributed by atoms with E-state index in [9.17, 15) is 0 Å². The van der Waals surface area contributed by atoms with Crippen molar-refractivity contribution in [3.63, 3.8) is 0 Å². The monoisotopic (exact) mass is 336 g/mol. The maximum Gasteiger partial charge on any atom is 0.0255 e. The molecular weight excluding hydrogens is 327 g/mol. The molecule has 0 aromatic heterocycles. The molecule has 0 nitrogen and oxygen atoms in total. The summed E-state index contributed by atoms with van der Waals surface area (Å²) in [5, 5.41) is 3.10. The number of halogens is 1. The summed E-state index contributed by atoms with van der Waals surface area (Å²) < 4.78 is 1.24. The normalized spacial score (nSPS) is 9.31. The summed E-state index contributed by atoms with van der Waals surface area (Å²) in [7, 11) is 0. The highest BCUT2D eigenvalue weighted by atomic mass is 127. The minimum Gasteiger partial charge on any atom is -0.0622 e. The molecule has 0 heterocycles. The van der Waals surface area contributed by atoms with Crippen LogP contribution in [0.5, 0.6) is 0 Å². The van der Waals surface area contributed by atoms with Crippen molar-refractivity contribution in [2.24, 2.45) is 0 Å². The summed E-state index contributed by atoms with van der Waals surface area (Å²) >= 11 is 3.85. The zero-order valence-electron chi connectivity index (χ0n) is 8.48.